The summed E-state index contributed by atoms with van der Waals surface area (Å²) in [4.78, 5) is 0. The Bertz CT molecular complexity index is 396. The molecule has 0 spiro atoms. The average molecular weight is 295 g/mol. The smallest absolute Gasteiger partial charge is 0.124 e. The van der Waals surface area contributed by atoms with Gasteiger partial charge in [-0.25, -0.2) is 0 Å². The first-order valence-corrected chi connectivity index (χ1v) is 7.61. The van der Waals surface area contributed by atoms with Crippen molar-refractivity contribution in [3.8, 4) is 5.75 Å². The molecular formula is C17H29NO3. The fraction of sp³-hybridized carbons (Fsp3) is 0.647. The van der Waals surface area contributed by atoms with Crippen LogP contribution in [-0.4, -0.2) is 34.5 Å². The molecule has 1 atom stereocenters. The summed E-state index contributed by atoms with van der Waals surface area (Å²) in [7, 11) is 5.14. The maximum absolute atomic E-state index is 5.36. The number of methoxy groups -OCH3 is 3. The molecule has 1 aromatic carbocycles. The molecule has 1 unspecified atom stereocenters. The number of benzene rings is 1. The molecule has 0 aliphatic heterocycles. The lowest BCUT2D eigenvalue weighted by Gasteiger charge is -2.17. The van der Waals surface area contributed by atoms with Crippen molar-refractivity contribution in [3.05, 3.63) is 29.3 Å². The molecule has 0 aliphatic carbocycles. The van der Waals surface area contributed by atoms with Gasteiger partial charge in [0.15, 0.2) is 0 Å². The molecular weight excluding hydrogens is 266 g/mol. The number of ether oxygens (including phenoxy) is 3. The minimum absolute atomic E-state index is 0.328. The van der Waals surface area contributed by atoms with Crippen LogP contribution in [0.1, 0.15) is 43.4 Å². The molecule has 0 saturated carbocycles. The summed E-state index contributed by atoms with van der Waals surface area (Å²) in [6.45, 7) is 4.64. The maximum Gasteiger partial charge on any atom is 0.124 e. The molecule has 0 fully saturated rings. The number of hydrogen-bond donors (Lipinski definition) is 1. The van der Waals surface area contributed by atoms with Crippen LogP contribution in [0.4, 0.5) is 0 Å². The Morgan fingerprint density at radius 2 is 1.86 bits per heavy atom. The highest BCUT2D eigenvalue weighted by Crippen LogP contribution is 2.24. The quantitative estimate of drug-likeness (QED) is 0.636. The van der Waals surface area contributed by atoms with Crippen LogP contribution >= 0.6 is 0 Å². The monoisotopic (exact) mass is 295 g/mol. The summed E-state index contributed by atoms with van der Waals surface area (Å²) in [5.74, 6) is 0.882. The Morgan fingerprint density at radius 1 is 1.05 bits per heavy atom. The molecule has 0 heterocycles. The normalized spacial score (nSPS) is 12.4. The number of unbranched alkanes of at least 4 members (excludes halogenated alkanes) is 2. The summed E-state index contributed by atoms with van der Waals surface area (Å²) in [5, 5.41) is 3.56. The Kier molecular flexibility index (Phi) is 9.06. The van der Waals surface area contributed by atoms with Gasteiger partial charge in [-0.05, 0) is 50.4 Å². The number of hydrogen-bond acceptors (Lipinski definition) is 4. The molecule has 21 heavy (non-hydrogen) atoms. The molecule has 4 nitrogen and oxygen atoms in total. The molecule has 1 rings (SSSR count). The Hall–Kier alpha value is -1.10. The molecule has 120 valence electrons. The summed E-state index contributed by atoms with van der Waals surface area (Å²) in [6.07, 6.45) is 3.51. The van der Waals surface area contributed by atoms with Crippen molar-refractivity contribution in [3.63, 3.8) is 0 Å². The van der Waals surface area contributed by atoms with E-state index in [1.54, 1.807) is 21.3 Å². The van der Waals surface area contributed by atoms with Gasteiger partial charge in [-0.1, -0.05) is 6.07 Å². The van der Waals surface area contributed by atoms with Crippen molar-refractivity contribution in [1.82, 2.24) is 5.32 Å². The van der Waals surface area contributed by atoms with Crippen molar-refractivity contribution in [2.75, 3.05) is 34.5 Å². The van der Waals surface area contributed by atoms with Gasteiger partial charge in [-0.15, -0.1) is 0 Å². The Morgan fingerprint density at radius 3 is 2.52 bits per heavy atom. The zero-order valence-electron chi connectivity index (χ0n) is 13.8. The van der Waals surface area contributed by atoms with E-state index in [-0.39, 0.29) is 0 Å². The minimum atomic E-state index is 0.328. The predicted octanol–water partition coefficient (Wildman–Crippen LogP) is 3.31. The van der Waals surface area contributed by atoms with Crippen molar-refractivity contribution >= 4 is 0 Å². The van der Waals surface area contributed by atoms with E-state index in [4.69, 9.17) is 14.2 Å². The van der Waals surface area contributed by atoms with Gasteiger partial charge in [0.2, 0.25) is 0 Å². The first-order valence-electron chi connectivity index (χ1n) is 7.61. The van der Waals surface area contributed by atoms with E-state index in [0.29, 0.717) is 12.6 Å². The van der Waals surface area contributed by atoms with Gasteiger partial charge < -0.3 is 19.5 Å². The highest BCUT2D eigenvalue weighted by Gasteiger charge is 2.09. The van der Waals surface area contributed by atoms with Gasteiger partial charge in [0.05, 0.1) is 13.7 Å². The highest BCUT2D eigenvalue weighted by atomic mass is 16.5. The lowest BCUT2D eigenvalue weighted by molar-refractivity contribution is 0.181. The number of rotatable bonds is 11. The van der Waals surface area contributed by atoms with Gasteiger partial charge in [0.1, 0.15) is 5.75 Å². The Labute approximate surface area is 128 Å². The third kappa shape index (κ3) is 6.46. The fourth-order valence-corrected chi connectivity index (χ4v) is 2.32. The van der Waals surface area contributed by atoms with E-state index < -0.39 is 0 Å². The average Bonchev–Trinajstić information content (AvgIpc) is 2.50. The van der Waals surface area contributed by atoms with Gasteiger partial charge >= 0.3 is 0 Å². The highest BCUT2D eigenvalue weighted by molar-refractivity contribution is 5.38. The largest absolute Gasteiger partial charge is 0.496 e. The van der Waals surface area contributed by atoms with Gasteiger partial charge in [-0.2, -0.15) is 0 Å². The second-order valence-corrected chi connectivity index (χ2v) is 5.23. The second-order valence-electron chi connectivity index (χ2n) is 5.23. The van der Waals surface area contributed by atoms with Crippen LogP contribution in [0.25, 0.3) is 0 Å². The first-order chi connectivity index (χ1) is 10.2. The summed E-state index contributed by atoms with van der Waals surface area (Å²) < 4.78 is 15.6. The summed E-state index contributed by atoms with van der Waals surface area (Å²) in [5.41, 5.74) is 2.35. The maximum atomic E-state index is 5.36. The van der Waals surface area contributed by atoms with Crippen LogP contribution in [0.5, 0.6) is 5.75 Å². The standard InChI is InChI=1S/C17H29NO3/c1-14(18-10-6-5-7-11-19-2)15-8-9-17(21-4)16(12-15)13-20-3/h8-9,12,14,18H,5-7,10-11,13H2,1-4H3. The SMILES string of the molecule is COCCCCCNC(C)c1ccc(OC)c(COC)c1. The van der Waals surface area contributed by atoms with Crippen molar-refractivity contribution < 1.29 is 14.2 Å². The van der Waals surface area contributed by atoms with E-state index in [0.717, 1.165) is 30.9 Å². The summed E-state index contributed by atoms with van der Waals surface area (Å²) >= 11 is 0. The molecule has 1 aromatic rings. The molecule has 0 aliphatic rings. The molecule has 0 aromatic heterocycles. The van der Waals surface area contributed by atoms with Crippen LogP contribution in [0.2, 0.25) is 0 Å². The lowest BCUT2D eigenvalue weighted by atomic mass is 10.0. The van der Waals surface area contributed by atoms with Gasteiger partial charge in [-0.3, -0.25) is 0 Å². The van der Waals surface area contributed by atoms with Crippen molar-refractivity contribution in [1.29, 1.82) is 0 Å². The van der Waals surface area contributed by atoms with E-state index in [1.807, 2.05) is 6.07 Å². The molecule has 0 amide bonds. The third-order valence-corrected chi connectivity index (χ3v) is 3.58. The lowest BCUT2D eigenvalue weighted by Crippen LogP contribution is -2.20. The molecule has 0 saturated heterocycles. The van der Waals surface area contributed by atoms with Crippen LogP contribution in [0.3, 0.4) is 0 Å². The summed E-state index contributed by atoms with van der Waals surface area (Å²) in [6, 6.07) is 6.61. The van der Waals surface area contributed by atoms with Gasteiger partial charge in [0, 0.05) is 32.4 Å². The molecule has 1 N–H and O–H groups in total. The van der Waals surface area contributed by atoms with Crippen LogP contribution < -0.4 is 10.1 Å². The van der Waals surface area contributed by atoms with E-state index in [2.05, 4.69) is 24.4 Å². The Balaban J connectivity index is 2.46. The van der Waals surface area contributed by atoms with Crippen LogP contribution in [-0.2, 0) is 16.1 Å². The first kappa shape index (κ1) is 18.0. The molecule has 0 radical (unpaired) electrons. The van der Waals surface area contributed by atoms with E-state index in [1.165, 1.54) is 18.4 Å². The topological polar surface area (TPSA) is 39.7 Å². The predicted molar refractivity (Wildman–Crippen MR) is 85.9 cm³/mol. The number of nitrogens with one attached hydrogen (secondary N) is 1. The fourth-order valence-electron chi connectivity index (χ4n) is 2.32. The third-order valence-electron chi connectivity index (χ3n) is 3.58. The zero-order valence-corrected chi connectivity index (χ0v) is 13.8. The minimum Gasteiger partial charge on any atom is -0.496 e. The van der Waals surface area contributed by atoms with E-state index >= 15 is 0 Å². The molecule has 4 heteroatoms. The zero-order chi connectivity index (χ0) is 15.5. The van der Waals surface area contributed by atoms with Crippen molar-refractivity contribution in [2.24, 2.45) is 0 Å². The van der Waals surface area contributed by atoms with Crippen molar-refractivity contribution in [2.45, 2.75) is 38.8 Å². The van der Waals surface area contributed by atoms with E-state index in [9.17, 15) is 0 Å². The molecule has 0 bridgehead atoms. The van der Waals surface area contributed by atoms with Gasteiger partial charge in [0.25, 0.3) is 0 Å². The van der Waals surface area contributed by atoms with Crippen LogP contribution in [0.15, 0.2) is 18.2 Å². The van der Waals surface area contributed by atoms with Crippen LogP contribution in [0, 0.1) is 0 Å². The second kappa shape index (κ2) is 10.6.